The second-order valence-corrected chi connectivity index (χ2v) is 5.62. The molecular weight excluding hydrogens is 222 g/mol. The van der Waals surface area contributed by atoms with Gasteiger partial charge in [-0.25, -0.2) is 8.42 Å². The van der Waals surface area contributed by atoms with Crippen molar-refractivity contribution in [2.24, 2.45) is 5.73 Å². The minimum atomic E-state index is -3.26. The Morgan fingerprint density at radius 3 is 2.67 bits per heavy atom. The van der Waals surface area contributed by atoms with Crippen LogP contribution >= 0.6 is 0 Å². The van der Waals surface area contributed by atoms with Crippen molar-refractivity contribution in [1.29, 1.82) is 0 Å². The number of sulfone groups is 1. The third-order valence-corrected chi connectivity index (χ3v) is 3.47. The van der Waals surface area contributed by atoms with Gasteiger partial charge in [0.15, 0.2) is 15.7 Å². The maximum Gasteiger partial charge on any atom is 0.245 e. The van der Waals surface area contributed by atoms with Crippen LogP contribution in [0.4, 0.5) is 0 Å². The van der Waals surface area contributed by atoms with Crippen molar-refractivity contribution in [3.63, 3.8) is 0 Å². The fourth-order valence-electron chi connectivity index (χ4n) is 0.833. The largest absolute Gasteiger partial charge is 0.394 e. The summed E-state index contributed by atoms with van der Waals surface area (Å²) in [4.78, 5) is 3.81. The second-order valence-electron chi connectivity index (χ2n) is 3.25. The fourth-order valence-corrected chi connectivity index (χ4v) is 1.31. The van der Waals surface area contributed by atoms with Crippen molar-refractivity contribution in [1.82, 2.24) is 10.1 Å². The summed E-state index contributed by atoms with van der Waals surface area (Å²) < 4.78 is 27.1. The van der Waals surface area contributed by atoms with Crippen LogP contribution in [0, 0.1) is 0 Å². The minimum absolute atomic E-state index is 0.0306. The Morgan fingerprint density at radius 1 is 1.60 bits per heavy atom. The number of aliphatic hydroxyl groups excluding tert-OH is 1. The molecule has 0 amide bonds. The molecule has 0 saturated carbocycles. The Morgan fingerprint density at radius 2 is 2.20 bits per heavy atom. The monoisotopic (exact) mass is 235 g/mol. The topological polar surface area (TPSA) is 119 Å². The lowest BCUT2D eigenvalue weighted by Gasteiger charge is -2.02. The summed E-state index contributed by atoms with van der Waals surface area (Å²) >= 11 is 0. The molecule has 0 saturated heterocycles. The van der Waals surface area contributed by atoms with Crippen LogP contribution < -0.4 is 5.73 Å². The predicted molar refractivity (Wildman–Crippen MR) is 51.6 cm³/mol. The van der Waals surface area contributed by atoms with E-state index in [0.29, 0.717) is 0 Å². The molecule has 0 aliphatic heterocycles. The zero-order valence-corrected chi connectivity index (χ0v) is 9.23. The molecule has 2 unspecified atom stereocenters. The van der Waals surface area contributed by atoms with Crippen LogP contribution in [0.3, 0.4) is 0 Å². The number of aromatic nitrogens is 2. The van der Waals surface area contributed by atoms with Crippen LogP contribution in [0.25, 0.3) is 0 Å². The van der Waals surface area contributed by atoms with Crippen LogP contribution in [0.2, 0.25) is 0 Å². The van der Waals surface area contributed by atoms with E-state index in [4.69, 9.17) is 15.4 Å². The van der Waals surface area contributed by atoms with Crippen molar-refractivity contribution in [2.75, 3.05) is 12.9 Å². The number of aliphatic hydroxyl groups is 1. The molecule has 8 heteroatoms. The molecule has 2 atom stereocenters. The zero-order chi connectivity index (χ0) is 11.6. The lowest BCUT2D eigenvalue weighted by Crippen LogP contribution is -2.15. The van der Waals surface area contributed by atoms with E-state index in [1.54, 1.807) is 0 Å². The molecule has 0 bridgehead atoms. The first-order chi connectivity index (χ1) is 6.86. The van der Waals surface area contributed by atoms with Crippen LogP contribution in [-0.4, -0.2) is 36.5 Å². The van der Waals surface area contributed by atoms with E-state index in [-0.39, 0.29) is 18.3 Å². The standard InChI is InChI=1S/C7H13N3O4S/c1-4(15(2,12)13)6-9-7(14-10-6)5(8)3-11/h4-5,11H,3,8H2,1-2H3. The summed E-state index contributed by atoms with van der Waals surface area (Å²) in [5, 5.41) is 11.4. The molecule has 15 heavy (non-hydrogen) atoms. The van der Waals surface area contributed by atoms with Crippen LogP contribution in [-0.2, 0) is 9.84 Å². The summed E-state index contributed by atoms with van der Waals surface area (Å²) in [5.74, 6) is 0.0828. The van der Waals surface area contributed by atoms with Crippen molar-refractivity contribution in [3.05, 3.63) is 11.7 Å². The first-order valence-corrected chi connectivity index (χ1v) is 6.20. The Labute approximate surface area is 87.2 Å². The van der Waals surface area contributed by atoms with Gasteiger partial charge >= 0.3 is 0 Å². The highest BCUT2D eigenvalue weighted by Gasteiger charge is 2.24. The van der Waals surface area contributed by atoms with E-state index in [1.165, 1.54) is 6.92 Å². The number of nitrogens with two attached hydrogens (primary N) is 1. The SMILES string of the molecule is CC(c1noc(C(N)CO)n1)S(C)(=O)=O. The van der Waals surface area contributed by atoms with Crippen LogP contribution in [0.5, 0.6) is 0 Å². The number of rotatable bonds is 4. The third kappa shape index (κ3) is 2.74. The summed E-state index contributed by atoms with van der Waals surface area (Å²) in [6.45, 7) is 1.11. The molecule has 1 aromatic heterocycles. The van der Waals surface area contributed by atoms with Gasteiger partial charge in [-0.2, -0.15) is 4.98 Å². The van der Waals surface area contributed by atoms with E-state index in [2.05, 4.69) is 10.1 Å². The van der Waals surface area contributed by atoms with Gasteiger partial charge in [-0.1, -0.05) is 5.16 Å². The van der Waals surface area contributed by atoms with Gasteiger partial charge in [0.1, 0.15) is 11.3 Å². The molecule has 0 radical (unpaired) electrons. The summed E-state index contributed by atoms with van der Waals surface area (Å²) in [5.41, 5.74) is 5.42. The predicted octanol–water partition coefficient (Wildman–Crippen LogP) is -0.833. The maximum atomic E-state index is 11.2. The molecule has 1 aromatic rings. The normalized spacial score (nSPS) is 16.3. The lowest BCUT2D eigenvalue weighted by atomic mass is 10.3. The molecule has 86 valence electrons. The Bertz CT molecular complexity index is 427. The second kappa shape index (κ2) is 4.25. The van der Waals surface area contributed by atoms with Crippen LogP contribution in [0.15, 0.2) is 4.52 Å². The van der Waals surface area contributed by atoms with Crippen LogP contribution in [0.1, 0.15) is 29.9 Å². The number of hydrogen-bond donors (Lipinski definition) is 2. The minimum Gasteiger partial charge on any atom is -0.394 e. The zero-order valence-electron chi connectivity index (χ0n) is 8.41. The van der Waals surface area contributed by atoms with E-state index in [0.717, 1.165) is 6.26 Å². The summed E-state index contributed by atoms with van der Waals surface area (Å²) in [6, 6.07) is -0.780. The van der Waals surface area contributed by atoms with Gasteiger partial charge in [-0.3, -0.25) is 0 Å². The van der Waals surface area contributed by atoms with E-state index < -0.39 is 21.1 Å². The molecule has 0 aromatic carbocycles. The molecule has 1 rings (SSSR count). The fraction of sp³-hybridized carbons (Fsp3) is 0.714. The van der Waals surface area contributed by atoms with Gasteiger partial charge < -0.3 is 15.4 Å². The lowest BCUT2D eigenvalue weighted by molar-refractivity contribution is 0.236. The quantitative estimate of drug-likeness (QED) is 0.698. The first kappa shape index (κ1) is 12.1. The Hall–Kier alpha value is -0.990. The van der Waals surface area contributed by atoms with Gasteiger partial charge in [-0.05, 0) is 6.92 Å². The van der Waals surface area contributed by atoms with E-state index >= 15 is 0 Å². The van der Waals surface area contributed by atoms with Gasteiger partial charge in [0.05, 0.1) is 6.61 Å². The maximum absolute atomic E-state index is 11.2. The first-order valence-electron chi connectivity index (χ1n) is 4.25. The van der Waals surface area contributed by atoms with E-state index in [9.17, 15) is 8.42 Å². The van der Waals surface area contributed by atoms with Gasteiger partial charge in [0.25, 0.3) is 0 Å². The molecule has 3 N–H and O–H groups in total. The van der Waals surface area contributed by atoms with E-state index in [1.807, 2.05) is 0 Å². The Balaban J connectivity index is 2.94. The highest BCUT2D eigenvalue weighted by molar-refractivity contribution is 7.90. The highest BCUT2D eigenvalue weighted by atomic mass is 32.2. The Kier molecular flexibility index (Phi) is 3.42. The summed E-state index contributed by atoms with van der Waals surface area (Å²) in [6.07, 6.45) is 1.08. The average Bonchev–Trinajstić information content (AvgIpc) is 2.62. The molecule has 0 aliphatic rings. The molecule has 7 nitrogen and oxygen atoms in total. The third-order valence-electron chi connectivity index (χ3n) is 1.98. The molecule has 0 aliphatic carbocycles. The van der Waals surface area contributed by atoms with Gasteiger partial charge in [-0.15, -0.1) is 0 Å². The molecule has 0 spiro atoms. The molecule has 0 fully saturated rings. The van der Waals surface area contributed by atoms with Crippen molar-refractivity contribution < 1.29 is 18.0 Å². The summed E-state index contributed by atoms with van der Waals surface area (Å²) in [7, 11) is -3.26. The van der Waals surface area contributed by atoms with Crippen molar-refractivity contribution in [3.8, 4) is 0 Å². The van der Waals surface area contributed by atoms with Gasteiger partial charge in [0, 0.05) is 6.26 Å². The highest BCUT2D eigenvalue weighted by Crippen LogP contribution is 2.18. The van der Waals surface area contributed by atoms with Gasteiger partial charge in [0.2, 0.25) is 5.89 Å². The number of nitrogens with zero attached hydrogens (tertiary/aromatic N) is 2. The van der Waals surface area contributed by atoms with Crippen molar-refractivity contribution in [2.45, 2.75) is 18.2 Å². The van der Waals surface area contributed by atoms with Crippen molar-refractivity contribution >= 4 is 9.84 Å². The average molecular weight is 235 g/mol. The molecule has 1 heterocycles. The smallest absolute Gasteiger partial charge is 0.245 e. The number of hydrogen-bond acceptors (Lipinski definition) is 7. The molecular formula is C7H13N3O4S.